The zero-order valence-corrected chi connectivity index (χ0v) is 15.4. The van der Waals surface area contributed by atoms with Gasteiger partial charge >= 0.3 is 0 Å². The first-order chi connectivity index (χ1) is 10.6. The SMILES string of the molecule is CC(C)C[C@H](N)C(=O)N1CCC(OCC2CCCCO2)CC1.Cl. The molecule has 136 valence electrons. The van der Waals surface area contributed by atoms with E-state index in [2.05, 4.69) is 13.8 Å². The van der Waals surface area contributed by atoms with E-state index < -0.39 is 0 Å². The Morgan fingerprint density at radius 1 is 1.26 bits per heavy atom. The fourth-order valence-electron chi connectivity index (χ4n) is 3.27. The van der Waals surface area contributed by atoms with Gasteiger partial charge in [-0.3, -0.25) is 4.79 Å². The molecule has 2 fully saturated rings. The minimum atomic E-state index is -0.354. The predicted molar refractivity (Wildman–Crippen MR) is 93.8 cm³/mol. The van der Waals surface area contributed by atoms with Gasteiger partial charge < -0.3 is 20.1 Å². The largest absolute Gasteiger partial charge is 0.376 e. The first kappa shape index (κ1) is 20.7. The summed E-state index contributed by atoms with van der Waals surface area (Å²) in [7, 11) is 0. The van der Waals surface area contributed by atoms with Crippen molar-refractivity contribution in [3.05, 3.63) is 0 Å². The van der Waals surface area contributed by atoms with Crippen molar-refractivity contribution in [2.24, 2.45) is 11.7 Å². The van der Waals surface area contributed by atoms with Crippen LogP contribution in [0.2, 0.25) is 0 Å². The van der Waals surface area contributed by atoms with E-state index in [-0.39, 0.29) is 36.6 Å². The van der Waals surface area contributed by atoms with Crippen LogP contribution in [0.25, 0.3) is 0 Å². The van der Waals surface area contributed by atoms with Gasteiger partial charge in [-0.05, 0) is 44.4 Å². The highest BCUT2D eigenvalue weighted by Crippen LogP contribution is 2.18. The van der Waals surface area contributed by atoms with Crippen molar-refractivity contribution in [2.45, 2.75) is 70.6 Å². The number of likely N-dealkylation sites (tertiary alicyclic amines) is 1. The molecule has 2 N–H and O–H groups in total. The van der Waals surface area contributed by atoms with Crippen molar-refractivity contribution in [1.29, 1.82) is 0 Å². The van der Waals surface area contributed by atoms with Crippen molar-refractivity contribution in [3.8, 4) is 0 Å². The van der Waals surface area contributed by atoms with E-state index in [1.165, 1.54) is 12.8 Å². The van der Waals surface area contributed by atoms with E-state index in [1.54, 1.807) is 0 Å². The van der Waals surface area contributed by atoms with E-state index in [1.807, 2.05) is 4.90 Å². The van der Waals surface area contributed by atoms with Gasteiger partial charge in [0.2, 0.25) is 5.91 Å². The van der Waals surface area contributed by atoms with Crippen LogP contribution in [0.5, 0.6) is 0 Å². The molecule has 0 aromatic heterocycles. The molecular formula is C17H33ClN2O3. The molecule has 0 aromatic rings. The van der Waals surface area contributed by atoms with Gasteiger partial charge in [0.1, 0.15) is 0 Å². The molecule has 2 rings (SSSR count). The Morgan fingerprint density at radius 3 is 2.52 bits per heavy atom. The number of amides is 1. The number of carbonyl (C=O) groups is 1. The standard InChI is InChI=1S/C17H32N2O3.ClH/c1-13(2)11-16(18)17(20)19-8-6-14(7-9-19)22-12-15-5-3-4-10-21-15;/h13-16H,3-12,18H2,1-2H3;1H/t15?,16-;/m0./s1. The number of halogens is 1. The third-order valence-corrected chi connectivity index (χ3v) is 4.59. The van der Waals surface area contributed by atoms with E-state index in [0.717, 1.165) is 45.4 Å². The molecule has 23 heavy (non-hydrogen) atoms. The lowest BCUT2D eigenvalue weighted by Gasteiger charge is -2.34. The van der Waals surface area contributed by atoms with E-state index >= 15 is 0 Å². The average molecular weight is 349 g/mol. The van der Waals surface area contributed by atoms with Crippen LogP contribution in [0.15, 0.2) is 0 Å². The normalized spacial score (nSPS) is 24.3. The maximum atomic E-state index is 12.3. The second-order valence-corrected chi connectivity index (χ2v) is 7.08. The molecule has 2 saturated heterocycles. The van der Waals surface area contributed by atoms with Crippen LogP contribution in [-0.2, 0) is 14.3 Å². The summed E-state index contributed by atoms with van der Waals surface area (Å²) in [5.41, 5.74) is 6.00. The molecule has 6 heteroatoms. The fourth-order valence-corrected chi connectivity index (χ4v) is 3.27. The van der Waals surface area contributed by atoms with Crippen LogP contribution in [0.4, 0.5) is 0 Å². The Morgan fingerprint density at radius 2 is 1.96 bits per heavy atom. The molecule has 0 saturated carbocycles. The fraction of sp³-hybridized carbons (Fsp3) is 0.941. The highest BCUT2D eigenvalue weighted by Gasteiger charge is 2.27. The number of nitrogens with zero attached hydrogens (tertiary/aromatic N) is 1. The molecule has 5 nitrogen and oxygen atoms in total. The Bertz CT molecular complexity index is 341. The van der Waals surface area contributed by atoms with Gasteiger partial charge in [0.15, 0.2) is 0 Å². The third kappa shape index (κ3) is 6.96. The molecule has 0 aliphatic carbocycles. The molecule has 1 unspecified atom stereocenters. The molecule has 1 amide bonds. The van der Waals surface area contributed by atoms with Gasteiger partial charge in [-0.1, -0.05) is 13.8 Å². The number of rotatable bonds is 6. The lowest BCUT2D eigenvalue weighted by molar-refractivity contribution is -0.136. The number of ether oxygens (including phenoxy) is 2. The van der Waals surface area contributed by atoms with Gasteiger partial charge in [0.05, 0.1) is 24.9 Å². The topological polar surface area (TPSA) is 64.8 Å². The van der Waals surface area contributed by atoms with Gasteiger partial charge in [-0.2, -0.15) is 0 Å². The van der Waals surface area contributed by atoms with Gasteiger partial charge in [-0.25, -0.2) is 0 Å². The van der Waals surface area contributed by atoms with Crippen molar-refractivity contribution < 1.29 is 14.3 Å². The summed E-state index contributed by atoms with van der Waals surface area (Å²) >= 11 is 0. The van der Waals surface area contributed by atoms with Crippen LogP contribution in [0, 0.1) is 5.92 Å². The van der Waals surface area contributed by atoms with Crippen LogP contribution in [0.3, 0.4) is 0 Å². The number of piperidine rings is 1. The highest BCUT2D eigenvalue weighted by molar-refractivity contribution is 5.85. The van der Waals surface area contributed by atoms with Crippen molar-refractivity contribution >= 4 is 18.3 Å². The maximum Gasteiger partial charge on any atom is 0.239 e. The highest BCUT2D eigenvalue weighted by atomic mass is 35.5. The zero-order valence-electron chi connectivity index (χ0n) is 14.5. The number of hydrogen-bond acceptors (Lipinski definition) is 4. The molecule has 0 radical (unpaired) electrons. The Hall–Kier alpha value is -0.360. The predicted octanol–water partition coefficient (Wildman–Crippen LogP) is 2.36. The number of carbonyl (C=O) groups excluding carboxylic acids is 1. The first-order valence-corrected chi connectivity index (χ1v) is 8.84. The second-order valence-electron chi connectivity index (χ2n) is 7.08. The molecule has 2 heterocycles. The minimum Gasteiger partial charge on any atom is -0.376 e. The summed E-state index contributed by atoms with van der Waals surface area (Å²) in [4.78, 5) is 14.2. The lowest BCUT2D eigenvalue weighted by atomic mass is 10.0. The molecule has 0 aromatic carbocycles. The number of nitrogens with two attached hydrogens (primary N) is 1. The van der Waals surface area contributed by atoms with Crippen LogP contribution < -0.4 is 5.73 Å². The Balaban J connectivity index is 0.00000264. The Labute approximate surface area is 146 Å². The molecule has 0 bridgehead atoms. The van der Waals surface area contributed by atoms with Gasteiger partial charge in [-0.15, -0.1) is 12.4 Å². The first-order valence-electron chi connectivity index (χ1n) is 8.84. The summed E-state index contributed by atoms with van der Waals surface area (Å²) in [5, 5.41) is 0. The average Bonchev–Trinajstić information content (AvgIpc) is 2.53. The molecule has 0 spiro atoms. The third-order valence-electron chi connectivity index (χ3n) is 4.59. The van der Waals surface area contributed by atoms with Crippen molar-refractivity contribution in [2.75, 3.05) is 26.3 Å². The molecule has 2 aliphatic heterocycles. The van der Waals surface area contributed by atoms with E-state index in [9.17, 15) is 4.79 Å². The maximum absolute atomic E-state index is 12.3. The van der Waals surface area contributed by atoms with Crippen molar-refractivity contribution in [1.82, 2.24) is 4.90 Å². The van der Waals surface area contributed by atoms with E-state index in [4.69, 9.17) is 15.2 Å². The zero-order chi connectivity index (χ0) is 15.9. The summed E-state index contributed by atoms with van der Waals surface area (Å²) in [6.45, 7) is 7.29. The monoisotopic (exact) mass is 348 g/mol. The minimum absolute atomic E-state index is 0. The van der Waals surface area contributed by atoms with Crippen LogP contribution in [0.1, 0.15) is 52.4 Å². The lowest BCUT2D eigenvalue weighted by Crippen LogP contribution is -2.48. The summed E-state index contributed by atoms with van der Waals surface area (Å²) in [5.74, 6) is 0.554. The molecular weight excluding hydrogens is 316 g/mol. The molecule has 2 atom stereocenters. The summed E-state index contributed by atoms with van der Waals surface area (Å²) in [6.07, 6.45) is 6.64. The van der Waals surface area contributed by atoms with Crippen LogP contribution >= 0.6 is 12.4 Å². The molecule has 2 aliphatic rings. The van der Waals surface area contributed by atoms with Gasteiger partial charge in [0.25, 0.3) is 0 Å². The Kier molecular flexibility index (Phi) is 9.44. The van der Waals surface area contributed by atoms with Crippen molar-refractivity contribution in [3.63, 3.8) is 0 Å². The summed E-state index contributed by atoms with van der Waals surface area (Å²) < 4.78 is 11.7. The van der Waals surface area contributed by atoms with Gasteiger partial charge in [0, 0.05) is 19.7 Å². The second kappa shape index (κ2) is 10.5. The quantitative estimate of drug-likeness (QED) is 0.800. The van der Waals surface area contributed by atoms with E-state index in [0.29, 0.717) is 12.5 Å². The number of hydrogen-bond donors (Lipinski definition) is 1. The van der Waals surface area contributed by atoms with Crippen LogP contribution in [-0.4, -0.2) is 55.4 Å². The summed E-state index contributed by atoms with van der Waals surface area (Å²) in [6, 6.07) is -0.354. The smallest absolute Gasteiger partial charge is 0.239 e.